The van der Waals surface area contributed by atoms with E-state index in [0.29, 0.717) is 26.2 Å². The Morgan fingerprint density at radius 2 is 0.846 bits per heavy atom. The van der Waals surface area contributed by atoms with E-state index in [2.05, 4.69) is 0 Å². The van der Waals surface area contributed by atoms with Gasteiger partial charge >= 0.3 is 48.9 Å². The molecule has 13 heavy (non-hydrogen) atoms. The van der Waals surface area contributed by atoms with Crippen LogP contribution in [-0.4, -0.2) is 85.2 Å². The molecule has 0 amide bonds. The molecule has 0 unspecified atom stereocenters. The molecular formula is C8H20BaN2O2. The first-order chi connectivity index (χ1) is 5.62. The topological polar surface area (TPSA) is 52.6 Å². The fraction of sp³-hybridized carbons (Fsp3) is 1.00. The maximum Gasteiger partial charge on any atom is 2.00 e. The summed E-state index contributed by atoms with van der Waals surface area (Å²) in [4.78, 5) is 0. The van der Waals surface area contributed by atoms with E-state index in [4.69, 9.17) is 0 Å². The zero-order valence-electron chi connectivity index (χ0n) is 9.25. The zero-order valence-corrected chi connectivity index (χ0v) is 13.7. The minimum atomic E-state index is 0. The molecule has 0 spiro atoms. The molecule has 0 aliphatic rings. The van der Waals surface area contributed by atoms with Crippen molar-refractivity contribution in [2.45, 2.75) is 27.7 Å². The van der Waals surface area contributed by atoms with Crippen molar-refractivity contribution in [3.8, 4) is 0 Å². The Morgan fingerprint density at radius 1 is 0.692 bits per heavy atom. The smallest absolute Gasteiger partial charge is 0.785 e. The summed E-state index contributed by atoms with van der Waals surface area (Å²) in [6.45, 7) is 9.81. The first kappa shape index (κ1) is 19.9. The van der Waals surface area contributed by atoms with E-state index >= 15 is 0 Å². The van der Waals surface area contributed by atoms with Crippen LogP contribution in [0.5, 0.6) is 0 Å². The number of rotatable bonds is 4. The molecule has 0 radical (unpaired) electrons. The van der Waals surface area contributed by atoms with Gasteiger partial charge in [-0.25, -0.2) is 0 Å². The monoisotopic (exact) mass is 314 g/mol. The molecule has 0 aromatic rings. The van der Waals surface area contributed by atoms with Gasteiger partial charge in [-0.2, -0.15) is 0 Å². The second-order valence-corrected chi connectivity index (χ2v) is 2.23. The van der Waals surface area contributed by atoms with Gasteiger partial charge in [-0.1, -0.05) is 27.7 Å². The molecule has 0 aliphatic carbocycles. The zero-order chi connectivity index (χ0) is 9.98. The molecule has 0 saturated carbocycles. The van der Waals surface area contributed by atoms with E-state index in [-0.39, 0.29) is 48.9 Å². The average Bonchev–Trinajstić information content (AvgIpc) is 2.16. The summed E-state index contributed by atoms with van der Waals surface area (Å²) >= 11 is 0. The molecule has 76 valence electrons. The van der Waals surface area contributed by atoms with Crippen molar-refractivity contribution in [3.05, 3.63) is 10.4 Å². The third-order valence-electron chi connectivity index (χ3n) is 1.41. The van der Waals surface area contributed by atoms with Crippen LogP contribution in [0, 0.1) is 10.4 Å². The predicted molar refractivity (Wildman–Crippen MR) is 58.3 cm³/mol. The summed E-state index contributed by atoms with van der Waals surface area (Å²) < 4.78 is 0. The van der Waals surface area contributed by atoms with Crippen molar-refractivity contribution in [3.63, 3.8) is 0 Å². The van der Waals surface area contributed by atoms with Gasteiger partial charge in [-0.05, 0) is 26.2 Å². The summed E-state index contributed by atoms with van der Waals surface area (Å²) in [6.07, 6.45) is 0. The van der Waals surface area contributed by atoms with Crippen LogP contribution in [0.2, 0.25) is 0 Å². The van der Waals surface area contributed by atoms with Gasteiger partial charge in [0, 0.05) is 0 Å². The second-order valence-electron chi connectivity index (χ2n) is 2.23. The van der Waals surface area contributed by atoms with E-state index < -0.39 is 0 Å². The Bertz CT molecular complexity index is 68.5. The van der Waals surface area contributed by atoms with Gasteiger partial charge in [0.15, 0.2) is 0 Å². The van der Waals surface area contributed by atoms with Crippen LogP contribution in [0.15, 0.2) is 0 Å². The van der Waals surface area contributed by atoms with E-state index in [1.54, 1.807) is 0 Å². The average molecular weight is 314 g/mol. The van der Waals surface area contributed by atoms with Crippen LogP contribution in [0.4, 0.5) is 0 Å². The Kier molecular flexibility index (Phi) is 24.3. The molecular weight excluding hydrogens is 293 g/mol. The van der Waals surface area contributed by atoms with Crippen molar-refractivity contribution in [2.24, 2.45) is 0 Å². The van der Waals surface area contributed by atoms with Crippen LogP contribution in [0.3, 0.4) is 0 Å². The van der Waals surface area contributed by atoms with E-state index in [1.807, 2.05) is 27.7 Å². The van der Waals surface area contributed by atoms with E-state index in [1.165, 1.54) is 0 Å². The molecule has 0 atom stereocenters. The Hall–Kier alpha value is 1.41. The number of hydrogen-bond donors (Lipinski definition) is 0. The van der Waals surface area contributed by atoms with Crippen molar-refractivity contribution in [2.75, 3.05) is 26.2 Å². The molecule has 0 heterocycles. The summed E-state index contributed by atoms with van der Waals surface area (Å²) in [5.74, 6) is 0. The third-order valence-corrected chi connectivity index (χ3v) is 1.41. The largest absolute Gasteiger partial charge is 2.00 e. The number of hydroxylamine groups is 4. The summed E-state index contributed by atoms with van der Waals surface area (Å²) in [6, 6.07) is 0. The van der Waals surface area contributed by atoms with Gasteiger partial charge in [0.25, 0.3) is 0 Å². The molecule has 0 rings (SSSR count). The summed E-state index contributed by atoms with van der Waals surface area (Å²) in [5, 5.41) is 22.2. The third kappa shape index (κ3) is 19.7. The molecule has 0 saturated heterocycles. The van der Waals surface area contributed by atoms with Crippen LogP contribution >= 0.6 is 0 Å². The fourth-order valence-electron chi connectivity index (χ4n) is 0.447. The summed E-state index contributed by atoms with van der Waals surface area (Å²) in [5.41, 5.74) is 0. The molecule has 0 aliphatic heterocycles. The number of nitrogens with zero attached hydrogens (tertiary/aromatic N) is 2. The molecule has 0 fully saturated rings. The Balaban J connectivity index is -0.000000143. The standard InChI is InChI=1S/2C4H10NO.Ba/c2*1-3-5(6)4-2;/h2*3-4H2,1-2H3;/q2*-1;+2. The SMILES string of the molecule is CCN([O-])CC.CCN([O-])CC.[Ba+2]. The maximum atomic E-state index is 10.1. The van der Waals surface area contributed by atoms with Crippen molar-refractivity contribution in [1.82, 2.24) is 10.1 Å². The Labute approximate surface area is 122 Å². The number of hydrogen-bond acceptors (Lipinski definition) is 4. The first-order valence-corrected chi connectivity index (χ1v) is 4.46. The van der Waals surface area contributed by atoms with Gasteiger partial charge in [-0.15, -0.1) is 0 Å². The van der Waals surface area contributed by atoms with Crippen molar-refractivity contribution >= 4 is 48.9 Å². The minimum absolute atomic E-state index is 0. The fourth-order valence-corrected chi connectivity index (χ4v) is 0.447. The Morgan fingerprint density at radius 3 is 0.846 bits per heavy atom. The second kappa shape index (κ2) is 15.9. The van der Waals surface area contributed by atoms with Gasteiger partial charge in [0.2, 0.25) is 0 Å². The van der Waals surface area contributed by atoms with Gasteiger partial charge in [0.1, 0.15) is 0 Å². The van der Waals surface area contributed by atoms with Crippen molar-refractivity contribution in [1.29, 1.82) is 0 Å². The van der Waals surface area contributed by atoms with Crippen molar-refractivity contribution < 1.29 is 0 Å². The molecule has 0 N–H and O–H groups in total. The quantitative estimate of drug-likeness (QED) is 0.579. The van der Waals surface area contributed by atoms with Gasteiger partial charge in [0.05, 0.1) is 0 Å². The predicted octanol–water partition coefficient (Wildman–Crippen LogP) is 1.27. The summed E-state index contributed by atoms with van der Waals surface area (Å²) in [7, 11) is 0. The van der Waals surface area contributed by atoms with Gasteiger partial charge in [-0.3, -0.25) is 0 Å². The van der Waals surface area contributed by atoms with E-state index in [9.17, 15) is 10.4 Å². The minimum Gasteiger partial charge on any atom is -0.785 e. The van der Waals surface area contributed by atoms with E-state index in [0.717, 1.165) is 10.1 Å². The molecule has 0 aromatic carbocycles. The van der Waals surface area contributed by atoms with Crippen LogP contribution in [-0.2, 0) is 0 Å². The van der Waals surface area contributed by atoms with Crippen LogP contribution < -0.4 is 0 Å². The molecule has 0 aromatic heterocycles. The van der Waals surface area contributed by atoms with Crippen LogP contribution in [0.25, 0.3) is 0 Å². The maximum absolute atomic E-state index is 10.1. The first-order valence-electron chi connectivity index (χ1n) is 4.46. The molecule has 5 heteroatoms. The molecule has 0 bridgehead atoms. The molecule has 4 nitrogen and oxygen atoms in total. The van der Waals surface area contributed by atoms with Gasteiger partial charge < -0.3 is 20.5 Å². The van der Waals surface area contributed by atoms with Crippen LogP contribution in [0.1, 0.15) is 27.7 Å². The normalized spacial score (nSPS) is 9.23.